The van der Waals surface area contributed by atoms with Gasteiger partial charge in [0.15, 0.2) is 6.29 Å². The normalized spacial score (nSPS) is 43.1. The fraction of sp³-hybridized carbons (Fsp3) is 0.800. The van der Waals surface area contributed by atoms with E-state index in [2.05, 4.69) is 12.2 Å². The van der Waals surface area contributed by atoms with Crippen molar-refractivity contribution in [1.82, 2.24) is 0 Å². The summed E-state index contributed by atoms with van der Waals surface area (Å²) in [5.41, 5.74) is 0. The molecule has 1 fully saturated rings. The number of rotatable bonds is 1. The Hall–Kier alpha value is -0.340. The standard InChI is InChI=1S/C10H16O2/c11-10(12)9-7-5-3-1-2-4-6-8(7)9/h1-2,7-12H,3-6H2/b2-1+. The summed E-state index contributed by atoms with van der Waals surface area (Å²) < 4.78 is 0. The van der Waals surface area contributed by atoms with Crippen molar-refractivity contribution in [3.8, 4) is 0 Å². The molecule has 2 heteroatoms. The predicted octanol–water partition coefficient (Wildman–Crippen LogP) is 1.29. The average molecular weight is 168 g/mol. The summed E-state index contributed by atoms with van der Waals surface area (Å²) in [5, 5.41) is 18.1. The Balaban J connectivity index is 1.93. The molecule has 2 unspecified atom stereocenters. The van der Waals surface area contributed by atoms with E-state index >= 15 is 0 Å². The first-order valence-corrected chi connectivity index (χ1v) is 4.82. The van der Waals surface area contributed by atoms with Gasteiger partial charge in [0.25, 0.3) is 0 Å². The zero-order valence-electron chi connectivity index (χ0n) is 7.19. The number of hydrogen-bond donors (Lipinski definition) is 2. The molecule has 0 saturated heterocycles. The maximum atomic E-state index is 9.04. The molecule has 0 bridgehead atoms. The fourth-order valence-electron chi connectivity index (χ4n) is 2.54. The minimum atomic E-state index is -1.07. The van der Waals surface area contributed by atoms with Crippen LogP contribution >= 0.6 is 0 Å². The van der Waals surface area contributed by atoms with Crippen molar-refractivity contribution in [2.45, 2.75) is 32.0 Å². The summed E-state index contributed by atoms with van der Waals surface area (Å²) in [5.74, 6) is 1.37. The average Bonchev–Trinajstić information content (AvgIpc) is 2.60. The highest BCUT2D eigenvalue weighted by atomic mass is 16.5. The molecule has 68 valence electrons. The molecule has 2 nitrogen and oxygen atoms in total. The third-order valence-corrected chi connectivity index (χ3v) is 3.24. The first-order chi connectivity index (χ1) is 5.80. The van der Waals surface area contributed by atoms with E-state index in [1.165, 1.54) is 0 Å². The Morgan fingerprint density at radius 3 is 1.92 bits per heavy atom. The molecule has 1 saturated carbocycles. The summed E-state index contributed by atoms with van der Waals surface area (Å²) in [6, 6.07) is 0. The first kappa shape index (κ1) is 8.27. The van der Waals surface area contributed by atoms with Crippen LogP contribution < -0.4 is 0 Å². The van der Waals surface area contributed by atoms with Crippen LogP contribution in [0.1, 0.15) is 25.7 Å². The van der Waals surface area contributed by atoms with Gasteiger partial charge in [0, 0.05) is 5.92 Å². The lowest BCUT2D eigenvalue weighted by molar-refractivity contribution is -0.0634. The monoisotopic (exact) mass is 168 g/mol. The van der Waals surface area contributed by atoms with Crippen LogP contribution in [0, 0.1) is 17.8 Å². The molecule has 12 heavy (non-hydrogen) atoms. The third-order valence-electron chi connectivity index (χ3n) is 3.24. The smallest absolute Gasteiger partial charge is 0.154 e. The van der Waals surface area contributed by atoms with Gasteiger partial charge in [-0.1, -0.05) is 12.2 Å². The highest BCUT2D eigenvalue weighted by Crippen LogP contribution is 2.53. The largest absolute Gasteiger partial charge is 0.368 e. The van der Waals surface area contributed by atoms with Crippen LogP contribution in [0.3, 0.4) is 0 Å². The summed E-state index contributed by atoms with van der Waals surface area (Å²) in [4.78, 5) is 0. The van der Waals surface area contributed by atoms with Crippen molar-refractivity contribution in [2.24, 2.45) is 17.8 Å². The molecule has 2 rings (SSSR count). The molecule has 0 amide bonds. The van der Waals surface area contributed by atoms with Crippen molar-refractivity contribution in [1.29, 1.82) is 0 Å². The Morgan fingerprint density at radius 2 is 1.50 bits per heavy atom. The van der Waals surface area contributed by atoms with E-state index in [0.29, 0.717) is 11.8 Å². The van der Waals surface area contributed by atoms with Crippen molar-refractivity contribution in [3.63, 3.8) is 0 Å². The van der Waals surface area contributed by atoms with Gasteiger partial charge in [-0.2, -0.15) is 0 Å². The van der Waals surface area contributed by atoms with Crippen molar-refractivity contribution < 1.29 is 10.2 Å². The number of allylic oxidation sites excluding steroid dienone is 2. The molecular weight excluding hydrogens is 152 g/mol. The molecule has 0 heterocycles. The Labute approximate surface area is 72.9 Å². The van der Waals surface area contributed by atoms with Gasteiger partial charge in [0.05, 0.1) is 0 Å². The van der Waals surface area contributed by atoms with Gasteiger partial charge in [-0.15, -0.1) is 0 Å². The van der Waals surface area contributed by atoms with Crippen LogP contribution in [0.25, 0.3) is 0 Å². The Bertz CT molecular complexity index is 170. The summed E-state index contributed by atoms with van der Waals surface area (Å²) >= 11 is 0. The van der Waals surface area contributed by atoms with E-state index in [-0.39, 0.29) is 5.92 Å². The molecule has 2 N–H and O–H groups in total. The molecule has 2 aliphatic carbocycles. The van der Waals surface area contributed by atoms with E-state index in [1.54, 1.807) is 0 Å². The number of fused-ring (bicyclic) bond motifs is 1. The van der Waals surface area contributed by atoms with Crippen LogP contribution in [0.5, 0.6) is 0 Å². The Morgan fingerprint density at radius 1 is 1.00 bits per heavy atom. The molecule has 0 aromatic heterocycles. The Kier molecular flexibility index (Phi) is 2.20. The number of aliphatic hydroxyl groups is 2. The molecule has 0 spiro atoms. The van der Waals surface area contributed by atoms with Gasteiger partial charge in [0.2, 0.25) is 0 Å². The maximum Gasteiger partial charge on any atom is 0.154 e. The molecule has 0 aliphatic heterocycles. The van der Waals surface area contributed by atoms with Gasteiger partial charge in [-0.3, -0.25) is 0 Å². The maximum absolute atomic E-state index is 9.04. The highest BCUT2D eigenvalue weighted by Gasteiger charge is 2.52. The van der Waals surface area contributed by atoms with Crippen LogP contribution in [0.2, 0.25) is 0 Å². The van der Waals surface area contributed by atoms with Crippen LogP contribution in [0.15, 0.2) is 12.2 Å². The van der Waals surface area contributed by atoms with Gasteiger partial charge < -0.3 is 10.2 Å². The van der Waals surface area contributed by atoms with E-state index in [4.69, 9.17) is 10.2 Å². The lowest BCUT2D eigenvalue weighted by atomic mass is 10.1. The van der Waals surface area contributed by atoms with E-state index in [0.717, 1.165) is 25.7 Å². The van der Waals surface area contributed by atoms with Crippen molar-refractivity contribution >= 4 is 0 Å². The van der Waals surface area contributed by atoms with E-state index in [1.807, 2.05) is 0 Å². The quantitative estimate of drug-likeness (QED) is 0.457. The van der Waals surface area contributed by atoms with Crippen LogP contribution in [0.4, 0.5) is 0 Å². The van der Waals surface area contributed by atoms with Gasteiger partial charge in [-0.05, 0) is 37.5 Å². The van der Waals surface area contributed by atoms with Gasteiger partial charge in [-0.25, -0.2) is 0 Å². The second-order valence-electron chi connectivity index (χ2n) is 3.94. The zero-order valence-corrected chi connectivity index (χ0v) is 7.19. The van der Waals surface area contributed by atoms with Crippen molar-refractivity contribution in [3.05, 3.63) is 12.2 Å². The molecule has 0 aromatic rings. The minimum Gasteiger partial charge on any atom is -0.368 e. The number of aliphatic hydroxyl groups excluding tert-OH is 1. The van der Waals surface area contributed by atoms with Crippen molar-refractivity contribution in [2.75, 3.05) is 0 Å². The first-order valence-electron chi connectivity index (χ1n) is 4.82. The topological polar surface area (TPSA) is 40.5 Å². The fourth-order valence-corrected chi connectivity index (χ4v) is 2.54. The third kappa shape index (κ3) is 1.41. The molecular formula is C10H16O2. The van der Waals surface area contributed by atoms with Gasteiger partial charge >= 0.3 is 0 Å². The lowest BCUT2D eigenvalue weighted by Crippen LogP contribution is -2.09. The second-order valence-corrected chi connectivity index (χ2v) is 3.94. The van der Waals surface area contributed by atoms with Crippen LogP contribution in [-0.2, 0) is 0 Å². The summed E-state index contributed by atoms with van der Waals surface area (Å²) in [6.07, 6.45) is 7.88. The molecule has 0 aromatic carbocycles. The molecule has 0 radical (unpaired) electrons. The van der Waals surface area contributed by atoms with E-state index in [9.17, 15) is 0 Å². The summed E-state index contributed by atoms with van der Waals surface area (Å²) in [6.45, 7) is 0. The predicted molar refractivity (Wildman–Crippen MR) is 46.3 cm³/mol. The summed E-state index contributed by atoms with van der Waals surface area (Å²) in [7, 11) is 0. The molecule has 2 atom stereocenters. The molecule has 2 aliphatic rings. The number of hydrogen-bond acceptors (Lipinski definition) is 2. The van der Waals surface area contributed by atoms with Crippen LogP contribution in [-0.4, -0.2) is 16.5 Å². The minimum absolute atomic E-state index is 0.185. The zero-order chi connectivity index (χ0) is 8.55. The highest BCUT2D eigenvalue weighted by molar-refractivity contribution is 5.02. The van der Waals surface area contributed by atoms with E-state index < -0.39 is 6.29 Å². The lowest BCUT2D eigenvalue weighted by Gasteiger charge is -1.99. The SMILES string of the molecule is OC(O)C1C2CC/C=C/CCC21. The van der Waals surface area contributed by atoms with Gasteiger partial charge in [0.1, 0.15) is 0 Å². The second kappa shape index (κ2) is 3.19.